The molecule has 1 amide bonds. The number of thioether (sulfide) groups is 1. The maximum absolute atomic E-state index is 13.5. The lowest BCUT2D eigenvalue weighted by Crippen LogP contribution is -2.29. The zero-order chi connectivity index (χ0) is 28.3. The number of carbonyl (C=O) groups excluding carboxylic acids is 1. The van der Waals surface area contributed by atoms with Crippen molar-refractivity contribution in [2.45, 2.75) is 36.0 Å². The van der Waals surface area contributed by atoms with Crippen molar-refractivity contribution in [3.8, 4) is 17.6 Å². The molecule has 1 aliphatic heterocycles. The average Bonchev–Trinajstić information content (AvgIpc) is 3.54. The van der Waals surface area contributed by atoms with E-state index in [0.717, 1.165) is 25.1 Å². The highest BCUT2D eigenvalue weighted by molar-refractivity contribution is 8.00. The summed E-state index contributed by atoms with van der Waals surface area (Å²) in [5.41, 5.74) is -1.36. The smallest absolute Gasteiger partial charge is 0.447 e. The minimum absolute atomic E-state index is 0.0297. The first-order valence-corrected chi connectivity index (χ1v) is 13.2. The van der Waals surface area contributed by atoms with Crippen LogP contribution in [0.1, 0.15) is 28.2 Å². The maximum atomic E-state index is 13.5. The predicted molar refractivity (Wildman–Crippen MR) is 147 cm³/mol. The largest absolute Gasteiger partial charge is 0.495 e. The summed E-state index contributed by atoms with van der Waals surface area (Å²) in [4.78, 5) is 20.6. The molecule has 0 saturated heterocycles. The first-order valence-electron chi connectivity index (χ1n) is 12.4. The molecule has 0 unspecified atom stereocenters. The van der Waals surface area contributed by atoms with E-state index in [4.69, 9.17) is 4.74 Å². The van der Waals surface area contributed by atoms with E-state index in [9.17, 15) is 18.0 Å². The number of halogens is 3. The Kier molecular flexibility index (Phi) is 7.79. The molecule has 1 aliphatic rings. The molecule has 1 aromatic carbocycles. The molecule has 1 atom stereocenters. The molecule has 4 aromatic rings. The second-order valence-corrected chi connectivity index (χ2v) is 10.0. The molecular weight excluding hydrogens is 543 g/mol. The zero-order valence-electron chi connectivity index (χ0n) is 21.7. The Morgan fingerprint density at radius 1 is 1.27 bits per heavy atom. The molecule has 3 aromatic heterocycles. The number of methoxy groups -OCH3 is 1. The van der Waals surface area contributed by atoms with Crippen LogP contribution < -0.4 is 20.7 Å². The minimum Gasteiger partial charge on any atom is -0.495 e. The van der Waals surface area contributed by atoms with Crippen LogP contribution in [0.2, 0.25) is 0 Å². The Morgan fingerprint density at radius 2 is 2.12 bits per heavy atom. The number of amides is 1. The Balaban J connectivity index is 1.39. The van der Waals surface area contributed by atoms with Gasteiger partial charge in [0.25, 0.3) is 5.91 Å². The highest BCUT2D eigenvalue weighted by atomic mass is 32.2. The molecule has 9 nitrogen and oxygen atoms in total. The second-order valence-electron chi connectivity index (χ2n) is 8.99. The van der Waals surface area contributed by atoms with Crippen molar-refractivity contribution >= 4 is 34.7 Å². The van der Waals surface area contributed by atoms with E-state index in [2.05, 4.69) is 42.3 Å². The fraction of sp³-hybridized carbons (Fsp3) is 0.296. The first kappa shape index (κ1) is 27.3. The summed E-state index contributed by atoms with van der Waals surface area (Å²) in [6.45, 7) is 0.920. The quantitative estimate of drug-likeness (QED) is 0.224. The van der Waals surface area contributed by atoms with Crippen LogP contribution in [0.25, 0.3) is 5.65 Å². The number of benzene rings is 1. The first-order chi connectivity index (χ1) is 19.3. The minimum atomic E-state index is -4.52. The number of aryl methyl sites for hydroxylation is 1. The van der Waals surface area contributed by atoms with Crippen LogP contribution in [0.15, 0.2) is 54.1 Å². The molecule has 0 aliphatic carbocycles. The Bertz CT molecular complexity index is 1600. The fourth-order valence-corrected chi connectivity index (χ4v) is 5.21. The number of alkyl halides is 3. The summed E-state index contributed by atoms with van der Waals surface area (Å²) in [7, 11) is 3.01. The van der Waals surface area contributed by atoms with Crippen molar-refractivity contribution in [1.82, 2.24) is 24.3 Å². The van der Waals surface area contributed by atoms with Gasteiger partial charge in [-0.25, -0.2) is 9.97 Å². The number of ether oxygens (including phenoxy) is 1. The summed E-state index contributed by atoms with van der Waals surface area (Å²) in [5, 5.41) is 8.98. The van der Waals surface area contributed by atoms with Gasteiger partial charge in [0.1, 0.15) is 16.5 Å². The summed E-state index contributed by atoms with van der Waals surface area (Å²) in [6, 6.07) is 8.49. The molecule has 0 saturated carbocycles. The van der Waals surface area contributed by atoms with Crippen LogP contribution in [0.5, 0.6) is 5.75 Å². The van der Waals surface area contributed by atoms with E-state index in [1.54, 1.807) is 36.8 Å². The van der Waals surface area contributed by atoms with Gasteiger partial charge in [-0.15, -0.1) is 0 Å². The average molecular weight is 570 g/mol. The van der Waals surface area contributed by atoms with E-state index >= 15 is 0 Å². The van der Waals surface area contributed by atoms with Crippen LogP contribution in [0.3, 0.4) is 0 Å². The topological polar surface area (TPSA) is 97.5 Å². The second kappa shape index (κ2) is 11.4. The zero-order valence-corrected chi connectivity index (χ0v) is 22.5. The highest BCUT2D eigenvalue weighted by Gasteiger charge is 2.33. The third-order valence-corrected chi connectivity index (χ3v) is 7.23. The molecule has 0 fully saturated rings. The third-order valence-electron chi connectivity index (χ3n) is 6.42. The van der Waals surface area contributed by atoms with Crippen molar-refractivity contribution in [3.63, 3.8) is 0 Å². The molecule has 13 heteroatoms. The normalized spacial score (nSPS) is 14.7. The Hall–Kier alpha value is -4.31. The van der Waals surface area contributed by atoms with Crippen LogP contribution in [-0.4, -0.2) is 57.1 Å². The molecular formula is C27H26F3N7O2S. The SMILES string of the molecule is CNC(=O)c1ccc(NCC#Cc2nc3c(N[C@H]4CCn5cncc5C4)cccn3c2SC(F)(F)F)c(OC)c1. The Morgan fingerprint density at radius 3 is 2.90 bits per heavy atom. The summed E-state index contributed by atoms with van der Waals surface area (Å²) >= 11 is -0.243. The van der Waals surface area contributed by atoms with Gasteiger partial charge in [0, 0.05) is 61.5 Å². The van der Waals surface area contributed by atoms with Gasteiger partial charge < -0.3 is 25.3 Å². The van der Waals surface area contributed by atoms with E-state index in [-0.39, 0.29) is 41.0 Å². The molecule has 208 valence electrons. The van der Waals surface area contributed by atoms with Crippen molar-refractivity contribution in [1.29, 1.82) is 0 Å². The fourth-order valence-electron chi connectivity index (χ4n) is 4.55. The van der Waals surface area contributed by atoms with Gasteiger partial charge in [-0.3, -0.25) is 9.20 Å². The van der Waals surface area contributed by atoms with Gasteiger partial charge in [0.15, 0.2) is 5.65 Å². The van der Waals surface area contributed by atoms with Crippen molar-refractivity contribution in [2.75, 3.05) is 31.3 Å². The van der Waals surface area contributed by atoms with Crippen LogP contribution >= 0.6 is 11.8 Å². The van der Waals surface area contributed by atoms with E-state index in [1.807, 2.05) is 12.3 Å². The summed E-state index contributed by atoms with van der Waals surface area (Å²) in [5.74, 6) is 5.85. The maximum Gasteiger partial charge on any atom is 0.447 e. The number of fused-ring (bicyclic) bond motifs is 2. The molecule has 40 heavy (non-hydrogen) atoms. The number of rotatable bonds is 7. The van der Waals surface area contributed by atoms with Crippen molar-refractivity contribution in [3.05, 3.63) is 66.0 Å². The van der Waals surface area contributed by atoms with Crippen molar-refractivity contribution in [2.24, 2.45) is 0 Å². The number of hydrogen-bond donors (Lipinski definition) is 3. The third kappa shape index (κ3) is 5.96. The number of aromatic nitrogens is 4. The Labute approximate surface area is 232 Å². The van der Waals surface area contributed by atoms with Gasteiger partial charge in [-0.05, 0) is 42.7 Å². The van der Waals surface area contributed by atoms with E-state index in [1.165, 1.54) is 18.6 Å². The predicted octanol–water partition coefficient (Wildman–Crippen LogP) is 4.40. The summed E-state index contributed by atoms with van der Waals surface area (Å²) in [6.07, 6.45) is 6.78. The lowest BCUT2D eigenvalue weighted by molar-refractivity contribution is -0.0330. The lowest BCUT2D eigenvalue weighted by atomic mass is 10.0. The molecule has 3 N–H and O–H groups in total. The number of imidazole rings is 2. The summed E-state index contributed by atoms with van der Waals surface area (Å²) < 4.78 is 49.4. The van der Waals surface area contributed by atoms with Gasteiger partial charge >= 0.3 is 5.51 Å². The molecule has 0 spiro atoms. The monoisotopic (exact) mass is 569 g/mol. The van der Waals surface area contributed by atoms with E-state index < -0.39 is 5.51 Å². The van der Waals surface area contributed by atoms with Gasteiger partial charge in [-0.1, -0.05) is 5.92 Å². The van der Waals surface area contributed by atoms with Crippen LogP contribution in [0, 0.1) is 11.8 Å². The lowest BCUT2D eigenvalue weighted by Gasteiger charge is -2.25. The molecule has 0 radical (unpaired) electrons. The number of anilines is 2. The van der Waals surface area contributed by atoms with Crippen molar-refractivity contribution < 1.29 is 22.7 Å². The van der Waals surface area contributed by atoms with E-state index in [0.29, 0.717) is 28.3 Å². The molecule has 4 heterocycles. The number of carbonyl (C=O) groups is 1. The van der Waals surface area contributed by atoms with Crippen LogP contribution in [0.4, 0.5) is 24.5 Å². The molecule has 0 bridgehead atoms. The van der Waals surface area contributed by atoms with Gasteiger partial charge in [0.2, 0.25) is 0 Å². The molecule has 5 rings (SSSR count). The van der Waals surface area contributed by atoms with Gasteiger partial charge in [0.05, 0.1) is 31.4 Å². The number of nitrogens with zero attached hydrogens (tertiary/aromatic N) is 4. The van der Waals surface area contributed by atoms with Crippen LogP contribution in [-0.2, 0) is 13.0 Å². The number of hydrogen-bond acceptors (Lipinski definition) is 7. The number of pyridine rings is 1. The number of nitrogens with one attached hydrogen (secondary N) is 3. The highest BCUT2D eigenvalue weighted by Crippen LogP contribution is 2.39. The standard InChI is InChI=1S/C27H26F3N7O2S/c1-31-25(38)17-7-8-20(23(13-17)39-2)33-10-3-5-22-26(40-27(28,29)30)37-11-4-6-21(24(37)35-22)34-18-9-12-36-16-32-15-19(36)14-18/h4,6-8,11,13,15-16,18,33-34H,9-10,12,14H2,1-2H3,(H,31,38)/t18-/m0/s1. The van der Waals surface area contributed by atoms with Gasteiger partial charge in [-0.2, -0.15) is 13.2 Å².